The van der Waals surface area contributed by atoms with Crippen molar-refractivity contribution >= 4 is 34.6 Å². The number of amides is 1. The highest BCUT2D eigenvalue weighted by Crippen LogP contribution is 2.28. The zero-order valence-electron chi connectivity index (χ0n) is 20.8. The van der Waals surface area contributed by atoms with Gasteiger partial charge in [0.25, 0.3) is 0 Å². The van der Waals surface area contributed by atoms with Crippen LogP contribution in [-0.4, -0.2) is 10.5 Å². The molecule has 0 aliphatic heterocycles. The van der Waals surface area contributed by atoms with Crippen molar-refractivity contribution < 1.29 is 22.7 Å². The van der Waals surface area contributed by atoms with Gasteiger partial charge >= 0.3 is 12.1 Å². The molecule has 0 atom stereocenters. The number of halogens is 3. The summed E-state index contributed by atoms with van der Waals surface area (Å²) < 4.78 is 44.4. The number of ether oxygens (including phenoxy) is 1. The van der Waals surface area contributed by atoms with E-state index in [4.69, 9.17) is 0 Å². The van der Waals surface area contributed by atoms with Gasteiger partial charge in [0.05, 0.1) is 5.52 Å². The number of fused-ring (bicyclic) bond motifs is 3. The maximum atomic E-state index is 13.1. The van der Waals surface area contributed by atoms with Gasteiger partial charge in [0.1, 0.15) is 5.75 Å². The smallest absolute Gasteiger partial charge is 0.344 e. The number of anilines is 1. The van der Waals surface area contributed by atoms with Gasteiger partial charge in [0.2, 0.25) is 5.91 Å². The number of nitrogens with one attached hydrogen (secondary N) is 1. The molecule has 4 nitrogen and oxygen atoms in total. The van der Waals surface area contributed by atoms with E-state index in [-0.39, 0.29) is 11.7 Å². The topological polar surface area (TPSA) is 43.3 Å². The van der Waals surface area contributed by atoms with Crippen LogP contribution in [0.4, 0.5) is 18.9 Å². The van der Waals surface area contributed by atoms with Crippen LogP contribution >= 0.6 is 0 Å². The minimum atomic E-state index is -2.49. The molecule has 1 amide bonds. The summed E-state index contributed by atoms with van der Waals surface area (Å²) in [5.74, 6) is -0.123. The second-order valence-corrected chi connectivity index (χ2v) is 8.24. The van der Waals surface area contributed by atoms with E-state index in [1.54, 1.807) is 12.1 Å². The third kappa shape index (κ3) is 5.45. The van der Waals surface area contributed by atoms with Crippen molar-refractivity contribution in [2.75, 3.05) is 5.32 Å². The van der Waals surface area contributed by atoms with Crippen LogP contribution in [0, 0.1) is 0 Å². The van der Waals surface area contributed by atoms with Crippen LogP contribution in [0.1, 0.15) is 33.6 Å². The van der Waals surface area contributed by atoms with Gasteiger partial charge in [-0.2, -0.15) is 13.2 Å². The summed E-state index contributed by atoms with van der Waals surface area (Å²) in [7, 11) is 0. The molecule has 0 unspecified atom stereocenters. The van der Waals surface area contributed by atoms with Crippen molar-refractivity contribution in [2.45, 2.75) is 33.6 Å². The molecule has 1 aliphatic rings. The summed E-state index contributed by atoms with van der Waals surface area (Å²) in [5.41, 5.74) is 4.57. The number of rotatable bonds is 5. The molecule has 4 aromatic rings. The number of hydrogen-bond acceptors (Lipinski definition) is 2. The first kappa shape index (κ1) is 25.8. The molecule has 0 bridgehead atoms. The standard InChI is InChI=1S/C28H21F3N2O2.C2H6/c1-17(34)32-20-9-11-21(12-10-20)33-25-5-3-2-4-23(25)24-16-19(8-15-26(24)33)18-6-13-22(14-7-18)35-28(31)27(29)30;1-2/h4-16H,2-3H2,1H3,(H,32,34);1-2H3. The summed E-state index contributed by atoms with van der Waals surface area (Å²) in [6.07, 6.45) is 3.88. The SMILES string of the molecule is CC.CC(=O)Nc1ccc(-n2c3c(c4cc(-c5ccc(OC(F)=C(F)F)cc5)ccc42)=CCCC=3)cc1. The molecule has 0 saturated carbocycles. The Morgan fingerprint density at radius 1 is 0.865 bits per heavy atom. The molecule has 1 aliphatic carbocycles. The first-order valence-electron chi connectivity index (χ1n) is 12.1. The van der Waals surface area contributed by atoms with E-state index >= 15 is 0 Å². The molecule has 5 rings (SSSR count). The lowest BCUT2D eigenvalue weighted by Gasteiger charge is -2.10. The van der Waals surface area contributed by atoms with E-state index in [1.165, 1.54) is 19.1 Å². The van der Waals surface area contributed by atoms with Gasteiger partial charge < -0.3 is 14.6 Å². The van der Waals surface area contributed by atoms with Crippen LogP contribution in [0.5, 0.6) is 5.75 Å². The largest absolute Gasteiger partial charge is 0.428 e. The molecular weight excluding hydrogens is 477 g/mol. The monoisotopic (exact) mass is 504 g/mol. The predicted octanol–water partition coefficient (Wildman–Crippen LogP) is 7.05. The van der Waals surface area contributed by atoms with Crippen molar-refractivity contribution in [1.82, 2.24) is 4.57 Å². The van der Waals surface area contributed by atoms with E-state index < -0.39 is 12.1 Å². The number of carbonyl (C=O) groups excluding carboxylic acids is 1. The molecule has 1 aromatic heterocycles. The third-order valence-corrected chi connectivity index (χ3v) is 5.89. The number of aromatic nitrogens is 1. The average Bonchev–Trinajstić information content (AvgIpc) is 3.24. The van der Waals surface area contributed by atoms with Gasteiger partial charge in [-0.05, 0) is 72.5 Å². The van der Waals surface area contributed by atoms with Crippen LogP contribution in [0.25, 0.3) is 39.9 Å². The Morgan fingerprint density at radius 2 is 1.51 bits per heavy atom. The summed E-state index contributed by atoms with van der Waals surface area (Å²) in [4.78, 5) is 11.4. The highest BCUT2D eigenvalue weighted by molar-refractivity contribution is 5.90. The van der Waals surface area contributed by atoms with Crippen LogP contribution in [0.15, 0.2) is 78.8 Å². The van der Waals surface area contributed by atoms with Gasteiger partial charge in [-0.15, -0.1) is 0 Å². The molecular formula is C30H27F3N2O2. The van der Waals surface area contributed by atoms with E-state index in [9.17, 15) is 18.0 Å². The van der Waals surface area contributed by atoms with Crippen molar-refractivity contribution in [3.05, 3.63) is 89.4 Å². The maximum absolute atomic E-state index is 13.1. The highest BCUT2D eigenvalue weighted by Gasteiger charge is 2.13. The van der Waals surface area contributed by atoms with E-state index in [1.807, 2.05) is 44.2 Å². The maximum Gasteiger partial charge on any atom is 0.344 e. The molecule has 7 heteroatoms. The predicted molar refractivity (Wildman–Crippen MR) is 143 cm³/mol. The van der Waals surface area contributed by atoms with Crippen LogP contribution in [0.3, 0.4) is 0 Å². The van der Waals surface area contributed by atoms with Crippen LogP contribution < -0.4 is 20.6 Å². The molecule has 0 spiro atoms. The molecule has 37 heavy (non-hydrogen) atoms. The zero-order chi connectivity index (χ0) is 26.5. The number of nitrogens with zero attached hydrogens (tertiary/aromatic N) is 1. The Bertz CT molecular complexity index is 1580. The molecule has 0 fully saturated rings. The Balaban J connectivity index is 0.00000156. The first-order valence-corrected chi connectivity index (χ1v) is 12.1. The Hall–Kier alpha value is -4.26. The van der Waals surface area contributed by atoms with Crippen LogP contribution in [-0.2, 0) is 4.79 Å². The quantitative estimate of drug-likeness (QED) is 0.296. The molecule has 190 valence electrons. The second kappa shape index (κ2) is 11.2. The van der Waals surface area contributed by atoms with Crippen molar-refractivity contribution in [1.29, 1.82) is 0 Å². The minimum Gasteiger partial charge on any atom is -0.428 e. The molecule has 1 N–H and O–H groups in total. The lowest BCUT2D eigenvalue weighted by atomic mass is 10.0. The van der Waals surface area contributed by atoms with Gasteiger partial charge in [-0.1, -0.05) is 44.2 Å². The first-order chi connectivity index (χ1) is 17.9. The summed E-state index contributed by atoms with van der Waals surface area (Å²) in [6.45, 7) is 5.48. The molecule has 1 heterocycles. The Morgan fingerprint density at radius 3 is 2.16 bits per heavy atom. The summed E-state index contributed by atoms with van der Waals surface area (Å²) >= 11 is 0. The summed E-state index contributed by atoms with van der Waals surface area (Å²) in [5, 5.41) is 6.16. The van der Waals surface area contributed by atoms with E-state index in [0.29, 0.717) is 0 Å². The molecule has 3 aromatic carbocycles. The normalized spacial score (nSPS) is 11.8. The van der Waals surface area contributed by atoms with Crippen LogP contribution in [0.2, 0.25) is 0 Å². The number of benzene rings is 3. The van der Waals surface area contributed by atoms with E-state index in [2.05, 4.69) is 38.9 Å². The van der Waals surface area contributed by atoms with Gasteiger partial charge in [-0.25, -0.2) is 0 Å². The average molecular weight is 505 g/mol. The van der Waals surface area contributed by atoms with Crippen molar-refractivity contribution in [3.8, 4) is 22.6 Å². The highest BCUT2D eigenvalue weighted by atomic mass is 19.3. The number of carbonyl (C=O) groups is 1. The minimum absolute atomic E-state index is 0.00527. The third-order valence-electron chi connectivity index (χ3n) is 5.89. The second-order valence-electron chi connectivity index (χ2n) is 8.24. The Kier molecular flexibility index (Phi) is 7.82. The van der Waals surface area contributed by atoms with Gasteiger partial charge in [0.15, 0.2) is 0 Å². The van der Waals surface area contributed by atoms with Gasteiger partial charge in [0, 0.05) is 34.3 Å². The molecule has 0 radical (unpaired) electrons. The van der Waals surface area contributed by atoms with E-state index in [0.717, 1.165) is 56.8 Å². The lowest BCUT2D eigenvalue weighted by molar-refractivity contribution is -0.114. The Labute approximate surface area is 213 Å². The summed E-state index contributed by atoms with van der Waals surface area (Å²) in [6, 6.07) is 18.3. The fraction of sp³-hybridized carbons (Fsp3) is 0.167. The fourth-order valence-electron chi connectivity index (χ4n) is 4.41. The number of hydrogen-bond donors (Lipinski definition) is 1. The van der Waals surface area contributed by atoms with Gasteiger partial charge in [-0.3, -0.25) is 4.79 Å². The molecule has 0 saturated heterocycles. The fourth-order valence-corrected chi connectivity index (χ4v) is 4.41. The lowest BCUT2D eigenvalue weighted by Crippen LogP contribution is -2.30. The zero-order valence-corrected chi connectivity index (χ0v) is 20.8. The van der Waals surface area contributed by atoms with Crippen molar-refractivity contribution in [3.63, 3.8) is 0 Å². The van der Waals surface area contributed by atoms with Crippen molar-refractivity contribution in [2.24, 2.45) is 0 Å².